The molecule has 0 aliphatic rings. The third-order valence-corrected chi connectivity index (χ3v) is 5.16. The molecule has 2 rings (SSSR count). The van der Waals surface area contributed by atoms with E-state index >= 15 is 0 Å². The minimum Gasteiger partial charge on any atom is -0.493 e. The average molecular weight is 386 g/mol. The van der Waals surface area contributed by atoms with Crippen LogP contribution in [0.3, 0.4) is 0 Å². The molecule has 0 saturated carbocycles. The van der Waals surface area contributed by atoms with E-state index in [9.17, 15) is 4.79 Å². The minimum absolute atomic E-state index is 0.168. The van der Waals surface area contributed by atoms with Gasteiger partial charge in [0, 0.05) is 4.90 Å². The van der Waals surface area contributed by atoms with Crippen molar-refractivity contribution in [3.05, 3.63) is 46.4 Å². The minimum atomic E-state index is -0.335. The second-order valence-electron chi connectivity index (χ2n) is 4.87. The van der Waals surface area contributed by atoms with Crippen LogP contribution in [0.25, 0.3) is 0 Å². The first-order valence-electron chi connectivity index (χ1n) is 7.09. The molecule has 7 heteroatoms. The zero-order valence-electron chi connectivity index (χ0n) is 13.4. The van der Waals surface area contributed by atoms with Crippen LogP contribution in [0.15, 0.2) is 41.3 Å². The Morgan fingerprint density at radius 3 is 2.50 bits per heavy atom. The summed E-state index contributed by atoms with van der Waals surface area (Å²) in [5.41, 5.74) is 0.494. The molecule has 2 aromatic carbocycles. The van der Waals surface area contributed by atoms with Crippen LogP contribution in [0.2, 0.25) is 10.0 Å². The van der Waals surface area contributed by atoms with Crippen LogP contribution in [0.1, 0.15) is 6.92 Å². The van der Waals surface area contributed by atoms with Gasteiger partial charge in [-0.05, 0) is 37.3 Å². The highest BCUT2D eigenvalue weighted by Crippen LogP contribution is 2.34. The summed E-state index contributed by atoms with van der Waals surface area (Å²) in [6.45, 7) is 1.81. The number of halogens is 2. The van der Waals surface area contributed by atoms with E-state index in [1.807, 2.05) is 19.1 Å². The molecule has 0 spiro atoms. The summed E-state index contributed by atoms with van der Waals surface area (Å²) in [5, 5.41) is 3.18. The van der Waals surface area contributed by atoms with Crippen molar-refractivity contribution in [1.29, 1.82) is 0 Å². The van der Waals surface area contributed by atoms with E-state index in [4.69, 9.17) is 32.7 Å². The standard InChI is InChI=1S/C17H17Cl2NO3S/c1-10(17(21)20-13-6-4-5-12(18)16(13)19)24-11-7-8-14(22-2)15(9-11)23-3/h4-10H,1-3H3,(H,20,21)/t10-/m1/s1. The summed E-state index contributed by atoms with van der Waals surface area (Å²) in [4.78, 5) is 13.3. The number of amides is 1. The van der Waals surface area contributed by atoms with Gasteiger partial charge in [-0.25, -0.2) is 0 Å². The van der Waals surface area contributed by atoms with Crippen molar-refractivity contribution in [3.63, 3.8) is 0 Å². The number of methoxy groups -OCH3 is 2. The quantitative estimate of drug-likeness (QED) is 0.700. The van der Waals surface area contributed by atoms with Crippen molar-refractivity contribution >= 4 is 46.6 Å². The molecule has 1 atom stereocenters. The van der Waals surface area contributed by atoms with Crippen LogP contribution in [0, 0.1) is 0 Å². The molecule has 1 N–H and O–H groups in total. The van der Waals surface area contributed by atoms with Gasteiger partial charge >= 0.3 is 0 Å². The lowest BCUT2D eigenvalue weighted by atomic mass is 10.3. The number of carbonyl (C=O) groups excluding carboxylic acids is 1. The highest BCUT2D eigenvalue weighted by molar-refractivity contribution is 8.00. The summed E-state index contributed by atoms with van der Waals surface area (Å²) in [6.07, 6.45) is 0. The predicted molar refractivity (Wildman–Crippen MR) is 100.0 cm³/mol. The molecule has 0 radical (unpaired) electrons. The number of rotatable bonds is 6. The van der Waals surface area contributed by atoms with E-state index in [0.717, 1.165) is 4.90 Å². The molecule has 0 aliphatic heterocycles. The molecule has 0 heterocycles. The van der Waals surface area contributed by atoms with Gasteiger partial charge in [0.1, 0.15) is 0 Å². The number of anilines is 1. The van der Waals surface area contributed by atoms with Crippen molar-refractivity contribution in [3.8, 4) is 11.5 Å². The molecule has 0 unspecified atom stereocenters. The number of ether oxygens (including phenoxy) is 2. The van der Waals surface area contributed by atoms with E-state index in [2.05, 4.69) is 5.32 Å². The van der Waals surface area contributed by atoms with Gasteiger partial charge in [-0.15, -0.1) is 11.8 Å². The summed E-state index contributed by atoms with van der Waals surface area (Å²) >= 11 is 13.5. The Bertz CT molecular complexity index is 740. The molecule has 2 aromatic rings. The van der Waals surface area contributed by atoms with Gasteiger partial charge in [0.05, 0.1) is 35.2 Å². The molecule has 0 fully saturated rings. The lowest BCUT2D eigenvalue weighted by Gasteiger charge is -2.14. The van der Waals surface area contributed by atoms with Gasteiger partial charge in [0.15, 0.2) is 11.5 Å². The first kappa shape index (κ1) is 18.8. The SMILES string of the molecule is COc1ccc(S[C@H](C)C(=O)Nc2cccc(Cl)c2Cl)cc1OC. The van der Waals surface area contributed by atoms with E-state index in [-0.39, 0.29) is 11.2 Å². The Labute approximate surface area is 155 Å². The van der Waals surface area contributed by atoms with E-state index in [0.29, 0.717) is 27.2 Å². The van der Waals surface area contributed by atoms with Gasteiger partial charge in [-0.2, -0.15) is 0 Å². The largest absolute Gasteiger partial charge is 0.493 e. The maximum atomic E-state index is 12.4. The van der Waals surface area contributed by atoms with E-state index in [1.54, 1.807) is 38.5 Å². The number of carbonyl (C=O) groups is 1. The van der Waals surface area contributed by atoms with Gasteiger partial charge in [-0.3, -0.25) is 4.79 Å². The van der Waals surface area contributed by atoms with Crippen LogP contribution in [0.5, 0.6) is 11.5 Å². The Balaban J connectivity index is 2.07. The molecule has 0 aromatic heterocycles. The molecule has 0 aliphatic carbocycles. The van der Waals surface area contributed by atoms with Gasteiger partial charge < -0.3 is 14.8 Å². The van der Waals surface area contributed by atoms with Crippen LogP contribution >= 0.6 is 35.0 Å². The molecular weight excluding hydrogens is 369 g/mol. The van der Waals surface area contributed by atoms with Crippen LogP contribution < -0.4 is 14.8 Å². The zero-order chi connectivity index (χ0) is 17.7. The van der Waals surface area contributed by atoms with E-state index in [1.165, 1.54) is 11.8 Å². The third-order valence-electron chi connectivity index (χ3n) is 3.25. The summed E-state index contributed by atoms with van der Waals surface area (Å²) in [7, 11) is 3.15. The van der Waals surface area contributed by atoms with E-state index < -0.39 is 0 Å². The summed E-state index contributed by atoms with van der Waals surface area (Å²) in [5.74, 6) is 1.09. The lowest BCUT2D eigenvalue weighted by molar-refractivity contribution is -0.115. The van der Waals surface area contributed by atoms with Crippen molar-refractivity contribution < 1.29 is 14.3 Å². The molecule has 1 amide bonds. The molecule has 0 saturated heterocycles. The van der Waals surface area contributed by atoms with Crippen LogP contribution in [-0.4, -0.2) is 25.4 Å². The van der Waals surface area contributed by atoms with Gasteiger partial charge in [0.25, 0.3) is 0 Å². The summed E-state index contributed by atoms with van der Waals surface area (Å²) < 4.78 is 10.5. The average Bonchev–Trinajstić information content (AvgIpc) is 2.58. The molecule has 4 nitrogen and oxygen atoms in total. The highest BCUT2D eigenvalue weighted by Gasteiger charge is 2.17. The van der Waals surface area contributed by atoms with Crippen LogP contribution in [0.4, 0.5) is 5.69 Å². The second-order valence-corrected chi connectivity index (χ2v) is 7.07. The normalized spacial score (nSPS) is 11.7. The maximum Gasteiger partial charge on any atom is 0.237 e. The Kier molecular flexibility index (Phi) is 6.66. The molecule has 128 valence electrons. The van der Waals surface area contributed by atoms with Gasteiger partial charge in [-0.1, -0.05) is 29.3 Å². The van der Waals surface area contributed by atoms with Crippen molar-refractivity contribution in [2.45, 2.75) is 17.1 Å². The van der Waals surface area contributed by atoms with Gasteiger partial charge in [0.2, 0.25) is 5.91 Å². The Hall–Kier alpha value is -1.56. The second kappa shape index (κ2) is 8.51. The fourth-order valence-electron chi connectivity index (χ4n) is 1.98. The maximum absolute atomic E-state index is 12.4. The summed E-state index contributed by atoms with van der Waals surface area (Å²) in [6, 6.07) is 10.6. The molecular formula is C17H17Cl2NO3S. The zero-order valence-corrected chi connectivity index (χ0v) is 15.8. The third kappa shape index (κ3) is 4.50. The number of hydrogen-bond acceptors (Lipinski definition) is 4. The number of thioether (sulfide) groups is 1. The number of nitrogens with one attached hydrogen (secondary N) is 1. The fourth-order valence-corrected chi connectivity index (χ4v) is 3.23. The Morgan fingerprint density at radius 1 is 1.12 bits per heavy atom. The molecule has 24 heavy (non-hydrogen) atoms. The van der Waals surface area contributed by atoms with Crippen molar-refractivity contribution in [2.75, 3.05) is 19.5 Å². The number of hydrogen-bond donors (Lipinski definition) is 1. The monoisotopic (exact) mass is 385 g/mol. The predicted octanol–water partition coefficient (Wildman–Crippen LogP) is 5.13. The topological polar surface area (TPSA) is 47.6 Å². The Morgan fingerprint density at radius 2 is 1.83 bits per heavy atom. The van der Waals surface area contributed by atoms with Crippen molar-refractivity contribution in [1.82, 2.24) is 0 Å². The molecule has 0 bridgehead atoms. The lowest BCUT2D eigenvalue weighted by Crippen LogP contribution is -2.22. The fraction of sp³-hybridized carbons (Fsp3) is 0.235. The van der Waals surface area contributed by atoms with Crippen LogP contribution in [-0.2, 0) is 4.79 Å². The smallest absolute Gasteiger partial charge is 0.237 e. The van der Waals surface area contributed by atoms with Crippen molar-refractivity contribution in [2.24, 2.45) is 0 Å². The number of benzene rings is 2. The first-order valence-corrected chi connectivity index (χ1v) is 8.73. The highest BCUT2D eigenvalue weighted by atomic mass is 35.5. The first-order chi connectivity index (χ1) is 11.5.